The number of amides is 1. The molecule has 3 heterocycles. The summed E-state index contributed by atoms with van der Waals surface area (Å²) in [4.78, 5) is 23.3. The van der Waals surface area contributed by atoms with Gasteiger partial charge in [-0.05, 0) is 42.7 Å². The summed E-state index contributed by atoms with van der Waals surface area (Å²) in [7, 11) is 0. The lowest BCUT2D eigenvalue weighted by atomic mass is 9.96. The highest BCUT2D eigenvalue weighted by Gasteiger charge is 2.23. The molecular weight excluding hydrogens is 322 g/mol. The Kier molecular flexibility index (Phi) is 5.06. The summed E-state index contributed by atoms with van der Waals surface area (Å²) < 4.78 is 0. The van der Waals surface area contributed by atoms with E-state index in [4.69, 9.17) is 5.26 Å². The molecule has 0 aliphatic carbocycles. The molecule has 0 atom stereocenters. The summed E-state index contributed by atoms with van der Waals surface area (Å²) in [5.74, 6) is 1.13. The average Bonchev–Trinajstić information content (AvgIpc) is 3.06. The predicted octanol–water partition coefficient (Wildman–Crippen LogP) is 2.36. The number of aryl methyl sites for hydroxylation is 1. The molecule has 0 saturated carbocycles. The Morgan fingerprint density at radius 2 is 2.17 bits per heavy atom. The van der Waals surface area contributed by atoms with E-state index in [9.17, 15) is 4.79 Å². The van der Waals surface area contributed by atoms with Gasteiger partial charge in [0.25, 0.3) is 5.91 Å². The quantitative estimate of drug-likeness (QED) is 0.923. The SMILES string of the molecule is Cc1csc(C(=O)NCC2CCN(c3nccnc3C#N)CC2)c1. The van der Waals surface area contributed by atoms with Crippen molar-refractivity contribution in [1.82, 2.24) is 15.3 Å². The molecule has 1 aliphatic rings. The number of carbonyl (C=O) groups excluding carboxylic acids is 1. The highest BCUT2D eigenvalue weighted by molar-refractivity contribution is 7.12. The summed E-state index contributed by atoms with van der Waals surface area (Å²) in [5, 5.41) is 14.1. The molecule has 6 nitrogen and oxygen atoms in total. The summed E-state index contributed by atoms with van der Waals surface area (Å²) in [6.07, 6.45) is 5.08. The lowest BCUT2D eigenvalue weighted by Crippen LogP contribution is -2.39. The molecule has 1 fully saturated rings. The van der Waals surface area contributed by atoms with Crippen molar-refractivity contribution in [3.8, 4) is 6.07 Å². The van der Waals surface area contributed by atoms with Gasteiger partial charge in [0.05, 0.1) is 4.88 Å². The molecule has 7 heteroatoms. The van der Waals surface area contributed by atoms with E-state index < -0.39 is 0 Å². The van der Waals surface area contributed by atoms with E-state index in [-0.39, 0.29) is 5.91 Å². The maximum absolute atomic E-state index is 12.1. The third-order valence-corrected chi connectivity index (χ3v) is 5.25. The van der Waals surface area contributed by atoms with E-state index in [1.54, 1.807) is 6.20 Å². The van der Waals surface area contributed by atoms with Gasteiger partial charge in [0.1, 0.15) is 6.07 Å². The highest BCUT2D eigenvalue weighted by Crippen LogP contribution is 2.23. The Morgan fingerprint density at radius 3 is 2.83 bits per heavy atom. The first kappa shape index (κ1) is 16.4. The van der Waals surface area contributed by atoms with E-state index in [1.807, 2.05) is 18.4 Å². The van der Waals surface area contributed by atoms with Gasteiger partial charge in [-0.15, -0.1) is 11.3 Å². The fourth-order valence-electron chi connectivity index (χ4n) is 2.86. The normalized spacial score (nSPS) is 15.1. The zero-order chi connectivity index (χ0) is 16.9. The van der Waals surface area contributed by atoms with Gasteiger partial charge >= 0.3 is 0 Å². The fourth-order valence-corrected chi connectivity index (χ4v) is 3.68. The van der Waals surface area contributed by atoms with Gasteiger partial charge in [0, 0.05) is 32.0 Å². The minimum atomic E-state index is 0.0104. The van der Waals surface area contributed by atoms with Gasteiger partial charge in [-0.25, -0.2) is 9.97 Å². The summed E-state index contributed by atoms with van der Waals surface area (Å²) in [6, 6.07) is 4.01. The molecule has 1 saturated heterocycles. The molecule has 2 aromatic rings. The van der Waals surface area contributed by atoms with Crippen LogP contribution in [0.15, 0.2) is 23.8 Å². The van der Waals surface area contributed by atoms with Gasteiger partial charge in [-0.3, -0.25) is 4.79 Å². The molecule has 0 aromatic carbocycles. The van der Waals surface area contributed by atoms with Crippen molar-refractivity contribution in [3.05, 3.63) is 40.0 Å². The number of nitrogens with one attached hydrogen (secondary N) is 1. The van der Waals surface area contributed by atoms with Crippen molar-refractivity contribution in [3.63, 3.8) is 0 Å². The number of anilines is 1. The second-order valence-electron chi connectivity index (χ2n) is 5.97. The molecule has 124 valence electrons. The zero-order valence-electron chi connectivity index (χ0n) is 13.5. The number of piperidine rings is 1. The minimum absolute atomic E-state index is 0.0104. The van der Waals surface area contributed by atoms with Crippen LogP contribution in [-0.4, -0.2) is 35.5 Å². The number of nitriles is 1. The molecule has 0 spiro atoms. The van der Waals surface area contributed by atoms with E-state index in [0.717, 1.165) is 36.4 Å². The Hall–Kier alpha value is -2.46. The molecule has 0 radical (unpaired) electrons. The maximum Gasteiger partial charge on any atom is 0.261 e. The van der Waals surface area contributed by atoms with Gasteiger partial charge in [0.2, 0.25) is 0 Å². The molecular formula is C17H19N5OS. The lowest BCUT2D eigenvalue weighted by molar-refractivity contribution is 0.0949. The van der Waals surface area contributed by atoms with Gasteiger partial charge in [-0.1, -0.05) is 0 Å². The number of rotatable bonds is 4. The van der Waals surface area contributed by atoms with Crippen LogP contribution < -0.4 is 10.2 Å². The van der Waals surface area contributed by atoms with Gasteiger partial charge in [0.15, 0.2) is 11.5 Å². The number of nitrogens with zero attached hydrogens (tertiary/aromatic N) is 4. The van der Waals surface area contributed by atoms with Gasteiger partial charge in [-0.2, -0.15) is 5.26 Å². The van der Waals surface area contributed by atoms with Gasteiger partial charge < -0.3 is 10.2 Å². The van der Waals surface area contributed by atoms with Crippen LogP contribution in [-0.2, 0) is 0 Å². The van der Waals surface area contributed by atoms with E-state index >= 15 is 0 Å². The van der Waals surface area contributed by atoms with Crippen LogP contribution in [0.5, 0.6) is 0 Å². The highest BCUT2D eigenvalue weighted by atomic mass is 32.1. The molecule has 1 aliphatic heterocycles. The topological polar surface area (TPSA) is 81.9 Å². The van der Waals surface area contributed by atoms with Crippen LogP contribution in [0.25, 0.3) is 0 Å². The molecule has 0 unspecified atom stereocenters. The summed E-state index contributed by atoms with van der Waals surface area (Å²) in [6.45, 7) is 4.33. The van der Waals surface area contributed by atoms with Crippen LogP contribution in [0, 0.1) is 24.2 Å². The minimum Gasteiger partial charge on any atom is -0.354 e. The second-order valence-corrected chi connectivity index (χ2v) is 6.88. The predicted molar refractivity (Wildman–Crippen MR) is 93.1 cm³/mol. The molecule has 1 amide bonds. The second kappa shape index (κ2) is 7.41. The maximum atomic E-state index is 12.1. The van der Waals surface area contributed by atoms with Crippen molar-refractivity contribution >= 4 is 23.1 Å². The molecule has 0 bridgehead atoms. The number of thiophene rings is 1. The van der Waals surface area contributed by atoms with Crippen molar-refractivity contribution in [1.29, 1.82) is 5.26 Å². The van der Waals surface area contributed by atoms with E-state index in [0.29, 0.717) is 24.0 Å². The van der Waals surface area contributed by atoms with Crippen molar-refractivity contribution in [2.75, 3.05) is 24.5 Å². The average molecular weight is 341 g/mol. The summed E-state index contributed by atoms with van der Waals surface area (Å²) in [5.41, 5.74) is 1.49. The summed E-state index contributed by atoms with van der Waals surface area (Å²) >= 11 is 1.48. The first-order valence-electron chi connectivity index (χ1n) is 7.96. The molecule has 3 rings (SSSR count). The van der Waals surface area contributed by atoms with Crippen LogP contribution in [0.1, 0.15) is 33.8 Å². The zero-order valence-corrected chi connectivity index (χ0v) is 14.3. The standard InChI is InChI=1S/C17H19N5OS/c1-12-8-15(24-11-12)17(23)21-10-13-2-6-22(7-3-13)16-14(9-18)19-4-5-20-16/h4-5,8,11,13H,2-3,6-7,10H2,1H3,(H,21,23). The van der Waals surface area contributed by atoms with Crippen LogP contribution in [0.3, 0.4) is 0 Å². The molecule has 24 heavy (non-hydrogen) atoms. The first-order chi connectivity index (χ1) is 11.7. The first-order valence-corrected chi connectivity index (χ1v) is 8.84. The van der Waals surface area contributed by atoms with E-state index in [1.165, 1.54) is 17.5 Å². The smallest absolute Gasteiger partial charge is 0.261 e. The van der Waals surface area contributed by atoms with Crippen molar-refractivity contribution < 1.29 is 4.79 Å². The monoisotopic (exact) mass is 341 g/mol. The number of hydrogen-bond donors (Lipinski definition) is 1. The number of hydrogen-bond acceptors (Lipinski definition) is 6. The lowest BCUT2D eigenvalue weighted by Gasteiger charge is -2.32. The molecule has 1 N–H and O–H groups in total. The fraction of sp³-hybridized carbons (Fsp3) is 0.412. The Bertz CT molecular complexity index is 758. The largest absolute Gasteiger partial charge is 0.354 e. The van der Waals surface area contributed by atoms with E-state index in [2.05, 4.69) is 26.3 Å². The Labute approximate surface area is 145 Å². The number of carbonyl (C=O) groups is 1. The van der Waals surface area contributed by atoms with Crippen molar-refractivity contribution in [2.45, 2.75) is 19.8 Å². The van der Waals surface area contributed by atoms with Crippen LogP contribution in [0.2, 0.25) is 0 Å². The third kappa shape index (κ3) is 3.71. The van der Waals surface area contributed by atoms with Crippen LogP contribution >= 0.6 is 11.3 Å². The van der Waals surface area contributed by atoms with Crippen LogP contribution in [0.4, 0.5) is 5.82 Å². The molecule has 2 aromatic heterocycles. The Morgan fingerprint density at radius 1 is 1.42 bits per heavy atom. The number of aromatic nitrogens is 2. The Balaban J connectivity index is 1.50. The van der Waals surface area contributed by atoms with Crippen molar-refractivity contribution in [2.24, 2.45) is 5.92 Å². The third-order valence-electron chi connectivity index (χ3n) is 4.20.